The lowest BCUT2D eigenvalue weighted by molar-refractivity contribution is -0.142. The summed E-state index contributed by atoms with van der Waals surface area (Å²) in [4.78, 5) is 26.9. The first-order chi connectivity index (χ1) is 12.4. The van der Waals surface area contributed by atoms with E-state index in [0.717, 1.165) is 12.1 Å². The molecule has 0 bridgehead atoms. The Labute approximate surface area is 148 Å². The van der Waals surface area contributed by atoms with Gasteiger partial charge in [-0.15, -0.1) is 0 Å². The molecule has 2 rings (SSSR count). The highest BCUT2D eigenvalue weighted by molar-refractivity contribution is 5.83. The topological polar surface area (TPSA) is 102 Å². The normalized spacial score (nSPS) is 12.0. The molecule has 1 aromatic carbocycles. The van der Waals surface area contributed by atoms with Crippen molar-refractivity contribution in [2.45, 2.75) is 25.3 Å². The Morgan fingerprint density at radius 3 is 2.81 bits per heavy atom. The first kappa shape index (κ1) is 19.5. The number of carbonyl (C=O) groups is 2. The number of benzene rings is 1. The number of hydrogen-bond donors (Lipinski definition) is 2. The highest BCUT2D eigenvalue weighted by Gasteiger charge is 2.20. The molecule has 140 valence electrons. The molecule has 1 unspecified atom stereocenters. The van der Waals surface area contributed by atoms with Crippen LogP contribution in [-0.2, 0) is 20.7 Å². The molecule has 2 aromatic rings. The molecule has 0 aliphatic heterocycles. The largest absolute Gasteiger partial charge is 0.480 e. The molecule has 0 aliphatic carbocycles. The third-order valence-electron chi connectivity index (χ3n) is 3.56. The van der Waals surface area contributed by atoms with Crippen LogP contribution in [0.2, 0.25) is 0 Å². The minimum Gasteiger partial charge on any atom is -0.480 e. The maximum atomic E-state index is 13.7. The quantitative estimate of drug-likeness (QED) is 0.703. The Kier molecular flexibility index (Phi) is 6.79. The predicted molar refractivity (Wildman–Crippen MR) is 86.2 cm³/mol. The molecule has 0 saturated heterocycles. The van der Waals surface area contributed by atoms with Gasteiger partial charge in [-0.05, 0) is 12.1 Å². The van der Waals surface area contributed by atoms with Crippen molar-refractivity contribution in [3.63, 3.8) is 0 Å². The minimum absolute atomic E-state index is 0.0530. The van der Waals surface area contributed by atoms with Crippen LogP contribution >= 0.6 is 0 Å². The number of amides is 1. The molecule has 1 amide bonds. The number of carbonyl (C=O) groups excluding carboxylic acids is 1. The second-order valence-electron chi connectivity index (χ2n) is 5.48. The second-order valence-corrected chi connectivity index (χ2v) is 5.48. The Bertz CT molecular complexity index is 778. The molecule has 0 radical (unpaired) electrons. The van der Waals surface area contributed by atoms with Crippen molar-refractivity contribution < 1.29 is 32.6 Å². The zero-order chi connectivity index (χ0) is 19.1. The lowest BCUT2D eigenvalue weighted by atomic mass is 10.2. The highest BCUT2D eigenvalue weighted by Crippen LogP contribution is 2.24. The van der Waals surface area contributed by atoms with Gasteiger partial charge in [0, 0.05) is 39.0 Å². The van der Waals surface area contributed by atoms with Gasteiger partial charge in [-0.2, -0.15) is 0 Å². The number of oxazole rings is 1. The van der Waals surface area contributed by atoms with E-state index in [4.69, 9.17) is 14.3 Å². The molecule has 1 aromatic heterocycles. The van der Waals surface area contributed by atoms with Gasteiger partial charge < -0.3 is 19.6 Å². The van der Waals surface area contributed by atoms with Crippen molar-refractivity contribution in [1.82, 2.24) is 10.3 Å². The number of methoxy groups -OCH3 is 1. The summed E-state index contributed by atoms with van der Waals surface area (Å²) in [6, 6.07) is 2.02. The van der Waals surface area contributed by atoms with E-state index in [9.17, 15) is 18.4 Å². The fraction of sp³-hybridized carbons (Fsp3) is 0.353. The summed E-state index contributed by atoms with van der Waals surface area (Å²) >= 11 is 0. The van der Waals surface area contributed by atoms with E-state index in [1.165, 1.54) is 19.4 Å². The maximum Gasteiger partial charge on any atom is 0.326 e. The van der Waals surface area contributed by atoms with Crippen molar-refractivity contribution in [1.29, 1.82) is 0 Å². The molecule has 0 spiro atoms. The van der Waals surface area contributed by atoms with Crippen LogP contribution in [0.1, 0.15) is 18.7 Å². The molecule has 0 aliphatic rings. The first-order valence-corrected chi connectivity index (χ1v) is 7.82. The van der Waals surface area contributed by atoms with Crippen LogP contribution < -0.4 is 5.32 Å². The minimum atomic E-state index is -1.15. The summed E-state index contributed by atoms with van der Waals surface area (Å²) in [6.07, 6.45) is 1.47. The van der Waals surface area contributed by atoms with E-state index >= 15 is 0 Å². The molecule has 1 heterocycles. The molecule has 26 heavy (non-hydrogen) atoms. The fourth-order valence-corrected chi connectivity index (χ4v) is 2.22. The van der Waals surface area contributed by atoms with Crippen LogP contribution in [0.4, 0.5) is 8.78 Å². The Morgan fingerprint density at radius 1 is 1.38 bits per heavy atom. The molecular formula is C17H18F2N2O5. The van der Waals surface area contributed by atoms with Gasteiger partial charge in [-0.3, -0.25) is 4.79 Å². The van der Waals surface area contributed by atoms with Crippen LogP contribution in [-0.4, -0.2) is 41.7 Å². The number of nitrogens with zero attached hydrogens (tertiary/aromatic N) is 1. The summed E-state index contributed by atoms with van der Waals surface area (Å²) < 4.78 is 36.8. The number of hydrogen-bond acceptors (Lipinski definition) is 5. The average Bonchev–Trinajstić information content (AvgIpc) is 3.05. The summed E-state index contributed by atoms with van der Waals surface area (Å²) in [5.74, 6) is -2.83. The number of carboxylic acid groups (broad SMARTS) is 1. The number of nitrogens with one attached hydrogen (secondary N) is 1. The smallest absolute Gasteiger partial charge is 0.326 e. The SMILES string of the molecule is COCCC(NC(=O)CCc1ncc(-c2ccc(F)cc2F)o1)C(=O)O. The van der Waals surface area contributed by atoms with Gasteiger partial charge in [0.1, 0.15) is 17.7 Å². The van der Waals surface area contributed by atoms with Gasteiger partial charge in [0.15, 0.2) is 11.7 Å². The van der Waals surface area contributed by atoms with E-state index in [-0.39, 0.29) is 43.1 Å². The van der Waals surface area contributed by atoms with E-state index in [0.29, 0.717) is 0 Å². The molecule has 7 nitrogen and oxygen atoms in total. The fourth-order valence-electron chi connectivity index (χ4n) is 2.22. The maximum absolute atomic E-state index is 13.7. The first-order valence-electron chi connectivity index (χ1n) is 7.82. The number of ether oxygens (including phenoxy) is 1. The number of aromatic nitrogens is 1. The molecular weight excluding hydrogens is 350 g/mol. The van der Waals surface area contributed by atoms with Crippen molar-refractivity contribution >= 4 is 11.9 Å². The second kappa shape index (κ2) is 9.04. The van der Waals surface area contributed by atoms with Crippen LogP contribution in [0.15, 0.2) is 28.8 Å². The van der Waals surface area contributed by atoms with Gasteiger partial charge in [0.25, 0.3) is 0 Å². The average molecular weight is 368 g/mol. The van der Waals surface area contributed by atoms with Gasteiger partial charge in [0.2, 0.25) is 5.91 Å². The number of halogens is 2. The van der Waals surface area contributed by atoms with E-state index in [2.05, 4.69) is 10.3 Å². The van der Waals surface area contributed by atoms with Crippen LogP contribution in [0.3, 0.4) is 0 Å². The third-order valence-corrected chi connectivity index (χ3v) is 3.56. The zero-order valence-electron chi connectivity index (χ0n) is 14.0. The lowest BCUT2D eigenvalue weighted by Gasteiger charge is -2.13. The van der Waals surface area contributed by atoms with Crippen molar-refractivity contribution in [2.75, 3.05) is 13.7 Å². The Hall–Kier alpha value is -2.81. The van der Waals surface area contributed by atoms with Crippen molar-refractivity contribution in [3.8, 4) is 11.3 Å². The molecule has 0 saturated carbocycles. The predicted octanol–water partition coefficient (Wildman–Crippen LogP) is 2.16. The van der Waals surface area contributed by atoms with Gasteiger partial charge in [0.05, 0.1) is 11.8 Å². The van der Waals surface area contributed by atoms with Crippen molar-refractivity contribution in [3.05, 3.63) is 41.9 Å². The van der Waals surface area contributed by atoms with Crippen LogP contribution in [0, 0.1) is 11.6 Å². The monoisotopic (exact) mass is 368 g/mol. The molecule has 2 N–H and O–H groups in total. The van der Waals surface area contributed by atoms with Gasteiger partial charge in [-0.1, -0.05) is 0 Å². The molecule has 9 heteroatoms. The van der Waals surface area contributed by atoms with Crippen LogP contribution in [0.5, 0.6) is 0 Å². The summed E-state index contributed by atoms with van der Waals surface area (Å²) in [6.45, 7) is 0.198. The third kappa shape index (κ3) is 5.35. The Balaban J connectivity index is 1.92. The highest BCUT2D eigenvalue weighted by atomic mass is 19.1. The number of carboxylic acids is 1. The number of rotatable bonds is 9. The number of aryl methyl sites for hydroxylation is 1. The standard InChI is InChI=1S/C17H18F2N2O5/c1-25-7-6-13(17(23)24)21-15(22)4-5-16-20-9-14(26-16)11-3-2-10(18)8-12(11)19/h2-3,8-9,13H,4-7H2,1H3,(H,21,22)(H,23,24). The zero-order valence-corrected chi connectivity index (χ0v) is 14.0. The summed E-state index contributed by atoms with van der Waals surface area (Å²) in [7, 11) is 1.44. The summed E-state index contributed by atoms with van der Waals surface area (Å²) in [5.41, 5.74) is 0.0557. The van der Waals surface area contributed by atoms with Crippen molar-refractivity contribution in [2.24, 2.45) is 0 Å². The van der Waals surface area contributed by atoms with E-state index in [1.807, 2.05) is 0 Å². The van der Waals surface area contributed by atoms with Gasteiger partial charge >= 0.3 is 5.97 Å². The number of aliphatic carboxylic acids is 1. The molecule has 0 fully saturated rings. The lowest BCUT2D eigenvalue weighted by Crippen LogP contribution is -2.41. The van der Waals surface area contributed by atoms with Crippen LogP contribution in [0.25, 0.3) is 11.3 Å². The Morgan fingerprint density at radius 2 is 2.15 bits per heavy atom. The van der Waals surface area contributed by atoms with Gasteiger partial charge in [-0.25, -0.2) is 18.6 Å². The van der Waals surface area contributed by atoms with E-state index in [1.54, 1.807) is 0 Å². The van der Waals surface area contributed by atoms with E-state index < -0.39 is 29.6 Å². The summed E-state index contributed by atoms with van der Waals surface area (Å²) in [5, 5.41) is 11.4. The molecule has 1 atom stereocenters.